The van der Waals surface area contributed by atoms with E-state index in [9.17, 15) is 27.6 Å². The average Bonchev–Trinajstić information content (AvgIpc) is 2.61. The van der Waals surface area contributed by atoms with Gasteiger partial charge in [-0.1, -0.05) is 6.07 Å². The molecule has 1 aromatic carbocycles. The second kappa shape index (κ2) is 8.20. The Labute approximate surface area is 148 Å². The molecule has 0 aliphatic carbocycles. The third kappa shape index (κ3) is 4.96. The summed E-state index contributed by atoms with van der Waals surface area (Å²) in [6, 6.07) is 4.02. The first-order chi connectivity index (χ1) is 12.2. The monoisotopic (exact) mass is 372 g/mol. The second-order valence-corrected chi connectivity index (χ2v) is 5.88. The van der Waals surface area contributed by atoms with Crippen molar-refractivity contribution in [1.29, 1.82) is 0 Å². The molecule has 142 valence electrons. The Balaban J connectivity index is 2.01. The summed E-state index contributed by atoms with van der Waals surface area (Å²) in [6.45, 7) is 2.24. The summed E-state index contributed by atoms with van der Waals surface area (Å²) in [4.78, 5) is 37.3. The molecule has 0 spiro atoms. The Morgan fingerprint density at radius 1 is 1.31 bits per heavy atom. The van der Waals surface area contributed by atoms with E-state index in [0.29, 0.717) is 19.4 Å². The lowest BCUT2D eigenvalue weighted by atomic mass is 9.98. The molecule has 1 atom stereocenters. The van der Waals surface area contributed by atoms with Gasteiger partial charge in [-0.3, -0.25) is 14.4 Å². The first kappa shape index (κ1) is 19.7. The molecule has 6 nitrogen and oxygen atoms in total. The number of esters is 1. The van der Waals surface area contributed by atoms with Gasteiger partial charge in [-0.15, -0.1) is 0 Å². The van der Waals surface area contributed by atoms with E-state index in [0.717, 1.165) is 18.2 Å². The highest BCUT2D eigenvalue weighted by atomic mass is 19.4. The van der Waals surface area contributed by atoms with Crippen molar-refractivity contribution in [2.45, 2.75) is 25.9 Å². The number of rotatable bonds is 3. The maximum atomic E-state index is 12.7. The van der Waals surface area contributed by atoms with Crippen LogP contribution in [-0.2, 0) is 25.3 Å². The van der Waals surface area contributed by atoms with Gasteiger partial charge in [-0.25, -0.2) is 0 Å². The predicted molar refractivity (Wildman–Crippen MR) is 86.0 cm³/mol. The third-order valence-electron chi connectivity index (χ3n) is 3.97. The summed E-state index contributed by atoms with van der Waals surface area (Å²) < 4.78 is 43.0. The zero-order valence-corrected chi connectivity index (χ0v) is 14.1. The van der Waals surface area contributed by atoms with E-state index in [1.165, 1.54) is 11.0 Å². The van der Waals surface area contributed by atoms with Crippen LogP contribution in [0.2, 0.25) is 0 Å². The minimum atomic E-state index is -4.55. The minimum absolute atomic E-state index is 0.0493. The summed E-state index contributed by atoms with van der Waals surface area (Å²) >= 11 is 0. The van der Waals surface area contributed by atoms with E-state index in [2.05, 4.69) is 5.32 Å². The molecular formula is C17H19F3N2O4. The van der Waals surface area contributed by atoms with Crippen LogP contribution < -0.4 is 5.32 Å². The van der Waals surface area contributed by atoms with Crippen LogP contribution in [0.25, 0.3) is 0 Å². The molecule has 1 heterocycles. The maximum Gasteiger partial charge on any atom is 0.416 e. The number of ether oxygens (including phenoxy) is 1. The van der Waals surface area contributed by atoms with Crippen LogP contribution in [0.5, 0.6) is 0 Å². The summed E-state index contributed by atoms with van der Waals surface area (Å²) in [5, 5.41) is 2.17. The molecule has 26 heavy (non-hydrogen) atoms. The van der Waals surface area contributed by atoms with E-state index >= 15 is 0 Å². The second-order valence-electron chi connectivity index (χ2n) is 5.88. The molecule has 1 saturated heterocycles. The van der Waals surface area contributed by atoms with Crippen molar-refractivity contribution in [3.63, 3.8) is 0 Å². The fourth-order valence-corrected chi connectivity index (χ4v) is 2.72. The highest BCUT2D eigenvalue weighted by Gasteiger charge is 2.33. The maximum absolute atomic E-state index is 12.7. The fourth-order valence-electron chi connectivity index (χ4n) is 2.72. The number of benzene rings is 1. The van der Waals surface area contributed by atoms with Crippen LogP contribution >= 0.6 is 0 Å². The van der Waals surface area contributed by atoms with Crippen LogP contribution in [0.3, 0.4) is 0 Å². The Hall–Kier alpha value is -2.58. The van der Waals surface area contributed by atoms with Gasteiger partial charge in [0, 0.05) is 18.8 Å². The number of halogens is 3. The normalized spacial score (nSPS) is 17.5. The molecule has 1 aliphatic heterocycles. The number of amides is 2. The number of alkyl halides is 3. The average molecular weight is 372 g/mol. The van der Waals surface area contributed by atoms with E-state index in [-0.39, 0.29) is 18.8 Å². The van der Waals surface area contributed by atoms with E-state index < -0.39 is 35.4 Å². The molecule has 1 N–H and O–H groups in total. The van der Waals surface area contributed by atoms with Gasteiger partial charge in [0.25, 0.3) is 0 Å². The van der Waals surface area contributed by atoms with Crippen molar-refractivity contribution in [2.75, 3.05) is 25.0 Å². The van der Waals surface area contributed by atoms with Crippen LogP contribution in [0.4, 0.5) is 18.9 Å². The molecule has 1 aliphatic rings. The number of likely N-dealkylation sites (tertiary alicyclic amines) is 1. The number of carbonyl (C=O) groups excluding carboxylic acids is 3. The lowest BCUT2D eigenvalue weighted by Gasteiger charge is -2.31. The van der Waals surface area contributed by atoms with E-state index in [1.807, 2.05) is 0 Å². The van der Waals surface area contributed by atoms with Gasteiger partial charge in [-0.2, -0.15) is 13.2 Å². The molecule has 1 unspecified atom stereocenters. The highest BCUT2D eigenvalue weighted by Crippen LogP contribution is 2.30. The number of carbonyl (C=O) groups is 3. The van der Waals surface area contributed by atoms with Crippen molar-refractivity contribution in [3.8, 4) is 0 Å². The van der Waals surface area contributed by atoms with Crippen LogP contribution in [-0.4, -0.2) is 42.4 Å². The van der Waals surface area contributed by atoms with Gasteiger partial charge in [0.15, 0.2) is 0 Å². The number of anilines is 1. The fraction of sp³-hybridized carbons (Fsp3) is 0.471. The van der Waals surface area contributed by atoms with Crippen molar-refractivity contribution in [3.05, 3.63) is 29.8 Å². The lowest BCUT2D eigenvalue weighted by Crippen LogP contribution is -2.47. The first-order valence-corrected chi connectivity index (χ1v) is 8.16. The molecule has 1 aromatic rings. The summed E-state index contributed by atoms with van der Waals surface area (Å²) in [5.74, 6) is -2.87. The number of piperidine rings is 1. The number of hydrogen-bond donors (Lipinski definition) is 1. The van der Waals surface area contributed by atoms with Gasteiger partial charge in [0.2, 0.25) is 0 Å². The van der Waals surface area contributed by atoms with Gasteiger partial charge in [0.1, 0.15) is 0 Å². The van der Waals surface area contributed by atoms with E-state index in [4.69, 9.17) is 4.74 Å². The standard InChI is InChI=1S/C17H19F3N2O4/c1-2-26-16(25)11-5-4-8-22(10-11)15(24)14(23)21-13-7-3-6-12(9-13)17(18,19)20/h3,6-7,9,11H,2,4-5,8,10H2,1H3,(H,21,23). The Bertz CT molecular complexity index is 691. The molecule has 1 fully saturated rings. The lowest BCUT2D eigenvalue weighted by molar-refractivity contribution is -0.153. The smallest absolute Gasteiger partial charge is 0.416 e. The Morgan fingerprint density at radius 3 is 2.69 bits per heavy atom. The first-order valence-electron chi connectivity index (χ1n) is 8.16. The summed E-state index contributed by atoms with van der Waals surface area (Å²) in [7, 11) is 0. The van der Waals surface area contributed by atoms with Crippen molar-refractivity contribution < 1.29 is 32.3 Å². The molecule has 9 heteroatoms. The van der Waals surface area contributed by atoms with Crippen LogP contribution in [0.1, 0.15) is 25.3 Å². The number of hydrogen-bond acceptors (Lipinski definition) is 4. The quantitative estimate of drug-likeness (QED) is 0.653. The third-order valence-corrected chi connectivity index (χ3v) is 3.97. The van der Waals surface area contributed by atoms with E-state index in [1.54, 1.807) is 6.92 Å². The molecule has 0 saturated carbocycles. The predicted octanol–water partition coefficient (Wildman–Crippen LogP) is 2.45. The van der Waals surface area contributed by atoms with Crippen molar-refractivity contribution in [1.82, 2.24) is 4.90 Å². The van der Waals surface area contributed by atoms with Gasteiger partial charge >= 0.3 is 24.0 Å². The van der Waals surface area contributed by atoms with Gasteiger partial charge in [-0.05, 0) is 38.0 Å². The Kier molecular flexibility index (Phi) is 6.23. The highest BCUT2D eigenvalue weighted by molar-refractivity contribution is 6.39. The van der Waals surface area contributed by atoms with Crippen LogP contribution in [0, 0.1) is 5.92 Å². The minimum Gasteiger partial charge on any atom is -0.466 e. The zero-order chi connectivity index (χ0) is 19.3. The number of nitrogens with one attached hydrogen (secondary N) is 1. The molecule has 0 radical (unpaired) electrons. The summed E-state index contributed by atoms with van der Waals surface area (Å²) in [5.41, 5.74) is -1.06. The summed E-state index contributed by atoms with van der Waals surface area (Å²) in [6.07, 6.45) is -3.46. The SMILES string of the molecule is CCOC(=O)C1CCCN(C(=O)C(=O)Nc2cccc(C(F)(F)F)c2)C1. The largest absolute Gasteiger partial charge is 0.466 e. The van der Waals surface area contributed by atoms with Gasteiger partial charge in [0.05, 0.1) is 18.1 Å². The molecular weight excluding hydrogens is 353 g/mol. The zero-order valence-electron chi connectivity index (χ0n) is 14.1. The number of nitrogens with zero attached hydrogens (tertiary/aromatic N) is 1. The Morgan fingerprint density at radius 2 is 2.04 bits per heavy atom. The van der Waals surface area contributed by atoms with Gasteiger partial charge < -0.3 is 15.0 Å². The van der Waals surface area contributed by atoms with Crippen molar-refractivity contribution >= 4 is 23.5 Å². The van der Waals surface area contributed by atoms with Crippen LogP contribution in [0.15, 0.2) is 24.3 Å². The van der Waals surface area contributed by atoms with Crippen molar-refractivity contribution in [2.24, 2.45) is 5.92 Å². The molecule has 0 aromatic heterocycles. The molecule has 0 bridgehead atoms. The molecule has 2 amide bonds. The molecule has 2 rings (SSSR count). The topological polar surface area (TPSA) is 75.7 Å².